The van der Waals surface area contributed by atoms with Gasteiger partial charge in [-0.3, -0.25) is 0 Å². The number of unbranched alkanes of at least 4 members (excludes halogenated alkanes) is 4. The molecule has 0 amide bonds. The molecule has 0 N–H and O–H groups in total. The van der Waals surface area contributed by atoms with E-state index in [-0.39, 0.29) is 0 Å². The summed E-state index contributed by atoms with van der Waals surface area (Å²) in [6, 6.07) is 0. The van der Waals surface area contributed by atoms with Crippen LogP contribution in [0.2, 0.25) is 0 Å². The Morgan fingerprint density at radius 1 is 1.06 bits per heavy atom. The zero-order valence-electron chi connectivity index (χ0n) is 10.7. The normalized spacial score (nSPS) is 12.9. The fourth-order valence-corrected chi connectivity index (χ4v) is 2.10. The summed E-state index contributed by atoms with van der Waals surface area (Å²) < 4.78 is 5.44. The lowest BCUT2D eigenvalue weighted by Crippen LogP contribution is -1.99. The first-order valence-electron chi connectivity index (χ1n) is 6.77. The molecule has 1 unspecified atom stereocenters. The predicted molar refractivity (Wildman–Crippen MR) is 67.5 cm³/mol. The van der Waals surface area contributed by atoms with Gasteiger partial charge in [-0.05, 0) is 12.8 Å². The van der Waals surface area contributed by atoms with Gasteiger partial charge in [-0.15, -0.1) is 0 Å². The molecule has 0 aromatic carbocycles. The van der Waals surface area contributed by atoms with E-state index in [1.165, 1.54) is 51.4 Å². The molecule has 92 valence electrons. The summed E-state index contributed by atoms with van der Waals surface area (Å²) in [6.45, 7) is 4.49. The molecule has 0 fully saturated rings. The van der Waals surface area contributed by atoms with Crippen LogP contribution in [-0.4, -0.2) is 4.98 Å². The van der Waals surface area contributed by atoms with E-state index in [0.717, 1.165) is 5.89 Å². The van der Waals surface area contributed by atoms with Crippen LogP contribution in [0.1, 0.15) is 77.0 Å². The van der Waals surface area contributed by atoms with Crippen molar-refractivity contribution in [2.24, 2.45) is 0 Å². The van der Waals surface area contributed by atoms with Gasteiger partial charge in [-0.25, -0.2) is 4.98 Å². The van der Waals surface area contributed by atoms with Crippen molar-refractivity contribution in [3.05, 3.63) is 18.4 Å². The lowest BCUT2D eigenvalue weighted by molar-refractivity contribution is 0.397. The van der Waals surface area contributed by atoms with Crippen molar-refractivity contribution in [2.45, 2.75) is 71.1 Å². The number of hydrogen-bond acceptors (Lipinski definition) is 2. The first-order chi connectivity index (χ1) is 7.88. The molecule has 0 saturated carbocycles. The van der Waals surface area contributed by atoms with Gasteiger partial charge in [-0.1, -0.05) is 52.4 Å². The highest BCUT2D eigenvalue weighted by atomic mass is 16.3. The Morgan fingerprint density at radius 2 is 1.81 bits per heavy atom. The molecular formula is C14H25NO. The van der Waals surface area contributed by atoms with E-state index in [1.54, 1.807) is 12.5 Å². The van der Waals surface area contributed by atoms with Crippen LogP contribution in [0.3, 0.4) is 0 Å². The Hall–Kier alpha value is -0.790. The van der Waals surface area contributed by atoms with Crippen LogP contribution in [0.4, 0.5) is 0 Å². The van der Waals surface area contributed by atoms with Gasteiger partial charge in [0.25, 0.3) is 0 Å². The molecule has 2 heteroatoms. The number of hydrogen-bond donors (Lipinski definition) is 0. The van der Waals surface area contributed by atoms with Gasteiger partial charge >= 0.3 is 0 Å². The summed E-state index contributed by atoms with van der Waals surface area (Å²) in [5, 5.41) is 0. The first kappa shape index (κ1) is 13.3. The second kappa shape index (κ2) is 8.37. The summed E-state index contributed by atoms with van der Waals surface area (Å²) in [5.41, 5.74) is 0. The second-order valence-corrected chi connectivity index (χ2v) is 4.56. The zero-order chi connectivity index (χ0) is 11.6. The standard InChI is InChI=1S/C14H25NO/c1-3-5-7-8-10-13(9-6-4-2)14-15-11-12-16-14/h11-13H,3-10H2,1-2H3. The highest BCUT2D eigenvalue weighted by Gasteiger charge is 2.14. The third-order valence-electron chi connectivity index (χ3n) is 3.11. The summed E-state index contributed by atoms with van der Waals surface area (Å²) >= 11 is 0. The Kier molecular flexibility index (Phi) is 6.95. The van der Waals surface area contributed by atoms with E-state index in [9.17, 15) is 0 Å². The molecule has 0 bridgehead atoms. The second-order valence-electron chi connectivity index (χ2n) is 4.56. The number of oxazole rings is 1. The van der Waals surface area contributed by atoms with Crippen molar-refractivity contribution in [3.63, 3.8) is 0 Å². The largest absolute Gasteiger partial charge is 0.449 e. The van der Waals surface area contributed by atoms with Gasteiger partial charge in [0.05, 0.1) is 6.20 Å². The van der Waals surface area contributed by atoms with Crippen molar-refractivity contribution < 1.29 is 4.42 Å². The minimum atomic E-state index is 0.548. The summed E-state index contributed by atoms with van der Waals surface area (Å²) in [7, 11) is 0. The lowest BCUT2D eigenvalue weighted by atomic mass is 9.95. The minimum Gasteiger partial charge on any atom is -0.449 e. The maximum atomic E-state index is 5.44. The molecule has 0 saturated heterocycles. The van der Waals surface area contributed by atoms with E-state index >= 15 is 0 Å². The highest BCUT2D eigenvalue weighted by molar-refractivity contribution is 4.91. The van der Waals surface area contributed by atoms with Gasteiger partial charge in [0.15, 0.2) is 5.89 Å². The predicted octanol–water partition coefficient (Wildman–Crippen LogP) is 4.92. The molecule has 2 nitrogen and oxygen atoms in total. The van der Waals surface area contributed by atoms with Crippen molar-refractivity contribution in [2.75, 3.05) is 0 Å². The Labute approximate surface area is 99.5 Å². The highest BCUT2D eigenvalue weighted by Crippen LogP contribution is 2.26. The van der Waals surface area contributed by atoms with Gasteiger partial charge in [-0.2, -0.15) is 0 Å². The van der Waals surface area contributed by atoms with E-state index in [1.807, 2.05) is 0 Å². The summed E-state index contributed by atoms with van der Waals surface area (Å²) in [5.74, 6) is 1.50. The first-order valence-corrected chi connectivity index (χ1v) is 6.77. The molecule has 1 aromatic heterocycles. The Bertz CT molecular complexity index is 243. The van der Waals surface area contributed by atoms with Gasteiger partial charge in [0.1, 0.15) is 6.26 Å². The van der Waals surface area contributed by atoms with Crippen molar-refractivity contribution in [1.29, 1.82) is 0 Å². The van der Waals surface area contributed by atoms with Gasteiger partial charge in [0.2, 0.25) is 0 Å². The van der Waals surface area contributed by atoms with Crippen LogP contribution in [0.5, 0.6) is 0 Å². The third-order valence-corrected chi connectivity index (χ3v) is 3.11. The Morgan fingerprint density at radius 3 is 2.44 bits per heavy atom. The molecule has 1 rings (SSSR count). The molecule has 1 atom stereocenters. The zero-order valence-corrected chi connectivity index (χ0v) is 10.7. The van der Waals surface area contributed by atoms with Crippen LogP contribution in [0, 0.1) is 0 Å². The smallest absolute Gasteiger partial charge is 0.197 e. The lowest BCUT2D eigenvalue weighted by Gasteiger charge is -2.12. The molecule has 1 heterocycles. The average molecular weight is 223 g/mol. The number of aromatic nitrogens is 1. The maximum Gasteiger partial charge on any atom is 0.197 e. The molecule has 0 aliphatic carbocycles. The van der Waals surface area contributed by atoms with E-state index in [4.69, 9.17) is 4.42 Å². The van der Waals surface area contributed by atoms with Gasteiger partial charge < -0.3 is 4.42 Å². The van der Waals surface area contributed by atoms with Crippen LogP contribution < -0.4 is 0 Å². The molecule has 0 radical (unpaired) electrons. The number of nitrogens with zero attached hydrogens (tertiary/aromatic N) is 1. The van der Waals surface area contributed by atoms with Gasteiger partial charge in [0, 0.05) is 5.92 Å². The SMILES string of the molecule is CCCCCCC(CCCC)c1ncco1. The minimum absolute atomic E-state index is 0.548. The quantitative estimate of drug-likeness (QED) is 0.555. The van der Waals surface area contributed by atoms with Crippen LogP contribution in [-0.2, 0) is 0 Å². The molecule has 0 spiro atoms. The molecule has 1 aromatic rings. The molecule has 0 aliphatic rings. The van der Waals surface area contributed by atoms with Crippen LogP contribution >= 0.6 is 0 Å². The molecular weight excluding hydrogens is 198 g/mol. The van der Waals surface area contributed by atoms with E-state index < -0.39 is 0 Å². The maximum absolute atomic E-state index is 5.44. The summed E-state index contributed by atoms with van der Waals surface area (Å²) in [4.78, 5) is 4.30. The summed E-state index contributed by atoms with van der Waals surface area (Å²) in [6.07, 6.45) is 13.8. The van der Waals surface area contributed by atoms with Crippen LogP contribution in [0.15, 0.2) is 16.9 Å². The van der Waals surface area contributed by atoms with E-state index in [2.05, 4.69) is 18.8 Å². The Balaban J connectivity index is 2.32. The van der Waals surface area contributed by atoms with Crippen molar-refractivity contribution in [3.8, 4) is 0 Å². The monoisotopic (exact) mass is 223 g/mol. The van der Waals surface area contributed by atoms with Crippen molar-refractivity contribution in [1.82, 2.24) is 4.98 Å². The average Bonchev–Trinajstić information content (AvgIpc) is 2.82. The van der Waals surface area contributed by atoms with Crippen molar-refractivity contribution >= 4 is 0 Å². The molecule has 0 aliphatic heterocycles. The van der Waals surface area contributed by atoms with Crippen LogP contribution in [0.25, 0.3) is 0 Å². The van der Waals surface area contributed by atoms with E-state index in [0.29, 0.717) is 5.92 Å². The fourth-order valence-electron chi connectivity index (χ4n) is 2.10. The topological polar surface area (TPSA) is 26.0 Å². The number of rotatable bonds is 9. The third kappa shape index (κ3) is 4.82. The molecule has 16 heavy (non-hydrogen) atoms. The fraction of sp³-hybridized carbons (Fsp3) is 0.786.